The molecule has 8 heteroatoms. The van der Waals surface area contributed by atoms with Crippen molar-refractivity contribution in [1.82, 2.24) is 10.4 Å². The first kappa shape index (κ1) is 13.9. The third-order valence-corrected chi connectivity index (χ3v) is 3.53. The molecule has 102 valence electrons. The Kier molecular flexibility index (Phi) is 3.83. The Morgan fingerprint density at radius 3 is 2.32 bits per heavy atom. The number of halogens is 4. The minimum atomic E-state index is -4.48. The van der Waals surface area contributed by atoms with Gasteiger partial charge in [-0.2, -0.15) is 13.2 Å². The molecule has 0 bridgehead atoms. The molecule has 3 nitrogen and oxygen atoms in total. The number of benzene rings is 1. The van der Waals surface area contributed by atoms with Gasteiger partial charge in [0.1, 0.15) is 5.82 Å². The summed E-state index contributed by atoms with van der Waals surface area (Å²) in [5, 5.41) is -0.940. The Bertz CT molecular complexity index is 550. The van der Waals surface area contributed by atoms with Crippen molar-refractivity contribution in [3.05, 3.63) is 51.7 Å². The summed E-state index contributed by atoms with van der Waals surface area (Å²) in [5.74, 6) is 4.92. The average molecular weight is 291 g/mol. The highest BCUT2D eigenvalue weighted by Gasteiger charge is 2.35. The molecule has 1 unspecified atom stereocenters. The highest BCUT2D eigenvalue weighted by molar-refractivity contribution is 7.11. The van der Waals surface area contributed by atoms with E-state index in [0.717, 1.165) is 6.20 Å². The second-order valence-electron chi connectivity index (χ2n) is 3.72. The van der Waals surface area contributed by atoms with E-state index in [-0.39, 0.29) is 0 Å². The van der Waals surface area contributed by atoms with E-state index in [2.05, 4.69) is 10.4 Å². The molecule has 1 aromatic heterocycles. The number of aromatic nitrogens is 1. The first-order chi connectivity index (χ1) is 8.91. The number of rotatable bonds is 3. The average Bonchev–Trinajstić information content (AvgIpc) is 2.82. The maximum atomic E-state index is 12.8. The van der Waals surface area contributed by atoms with Crippen molar-refractivity contribution in [2.75, 3.05) is 0 Å². The van der Waals surface area contributed by atoms with E-state index < -0.39 is 23.0 Å². The van der Waals surface area contributed by atoms with Gasteiger partial charge in [-0.05, 0) is 17.7 Å². The van der Waals surface area contributed by atoms with Gasteiger partial charge in [-0.1, -0.05) is 12.1 Å². The standard InChI is InChI=1S/C11H9F4N3S/c12-7-3-1-6(2-4-7)9(18-16)8-5-17-10(19-8)11(13,14)15/h1-5,9,18H,16H2. The topological polar surface area (TPSA) is 50.9 Å². The van der Waals surface area contributed by atoms with E-state index in [0.29, 0.717) is 21.8 Å². The molecule has 2 rings (SSSR count). The SMILES string of the molecule is NNC(c1ccc(F)cc1)c1cnc(C(F)(F)F)s1. The van der Waals surface area contributed by atoms with Crippen LogP contribution in [0.15, 0.2) is 30.5 Å². The third kappa shape index (κ3) is 3.09. The Morgan fingerprint density at radius 2 is 1.84 bits per heavy atom. The summed E-state index contributed by atoms with van der Waals surface area (Å²) in [7, 11) is 0. The van der Waals surface area contributed by atoms with Crippen LogP contribution >= 0.6 is 11.3 Å². The predicted octanol–water partition coefficient (Wildman–Crippen LogP) is 2.85. The molecule has 1 heterocycles. The normalized spacial score (nSPS) is 13.5. The zero-order chi connectivity index (χ0) is 14.0. The summed E-state index contributed by atoms with van der Waals surface area (Å²) in [6.07, 6.45) is -3.37. The molecule has 0 saturated heterocycles. The van der Waals surface area contributed by atoms with Crippen LogP contribution < -0.4 is 11.3 Å². The van der Waals surface area contributed by atoms with Crippen LogP contribution in [-0.2, 0) is 6.18 Å². The second-order valence-corrected chi connectivity index (χ2v) is 4.78. The molecule has 0 fully saturated rings. The highest BCUT2D eigenvalue weighted by atomic mass is 32.1. The first-order valence-corrected chi connectivity index (χ1v) is 5.98. The quantitative estimate of drug-likeness (QED) is 0.519. The molecule has 3 N–H and O–H groups in total. The van der Waals surface area contributed by atoms with Crippen molar-refractivity contribution in [2.24, 2.45) is 5.84 Å². The summed E-state index contributed by atoms with van der Waals surface area (Å²) in [6, 6.07) is 4.67. The first-order valence-electron chi connectivity index (χ1n) is 5.16. The predicted molar refractivity (Wildman–Crippen MR) is 62.7 cm³/mol. The summed E-state index contributed by atoms with van der Waals surface area (Å²) in [5.41, 5.74) is 2.96. The van der Waals surface area contributed by atoms with Crippen molar-refractivity contribution in [3.8, 4) is 0 Å². The molecule has 0 spiro atoms. The lowest BCUT2D eigenvalue weighted by molar-refractivity contribution is -0.137. The van der Waals surface area contributed by atoms with Gasteiger partial charge >= 0.3 is 6.18 Å². The van der Waals surface area contributed by atoms with E-state index in [1.807, 2.05) is 0 Å². The molecule has 0 aliphatic rings. The Balaban J connectivity index is 2.32. The lowest BCUT2D eigenvalue weighted by atomic mass is 10.1. The molecule has 0 amide bonds. The highest BCUT2D eigenvalue weighted by Crippen LogP contribution is 2.35. The van der Waals surface area contributed by atoms with E-state index in [9.17, 15) is 17.6 Å². The second kappa shape index (κ2) is 5.24. The van der Waals surface area contributed by atoms with Crippen LogP contribution in [0.1, 0.15) is 21.5 Å². The van der Waals surface area contributed by atoms with Crippen molar-refractivity contribution in [1.29, 1.82) is 0 Å². The van der Waals surface area contributed by atoms with Crippen LogP contribution in [0.3, 0.4) is 0 Å². The van der Waals surface area contributed by atoms with Crippen LogP contribution in [0.5, 0.6) is 0 Å². The lowest BCUT2D eigenvalue weighted by Gasteiger charge is -2.14. The summed E-state index contributed by atoms with van der Waals surface area (Å²) >= 11 is 0.499. The van der Waals surface area contributed by atoms with Crippen LogP contribution in [0.4, 0.5) is 17.6 Å². The smallest absolute Gasteiger partial charge is 0.271 e. The lowest BCUT2D eigenvalue weighted by Crippen LogP contribution is -2.28. The van der Waals surface area contributed by atoms with Crippen LogP contribution in [0, 0.1) is 5.82 Å². The number of nitrogens with zero attached hydrogens (tertiary/aromatic N) is 1. The summed E-state index contributed by atoms with van der Waals surface area (Å²) in [4.78, 5) is 3.63. The van der Waals surface area contributed by atoms with Gasteiger partial charge in [-0.25, -0.2) is 14.8 Å². The number of alkyl halides is 3. The number of nitrogens with two attached hydrogens (primary N) is 1. The molecular weight excluding hydrogens is 282 g/mol. The molecule has 0 aliphatic heterocycles. The molecule has 2 aromatic rings. The van der Waals surface area contributed by atoms with Crippen molar-refractivity contribution < 1.29 is 17.6 Å². The van der Waals surface area contributed by atoms with Gasteiger partial charge in [0.25, 0.3) is 0 Å². The molecule has 0 aliphatic carbocycles. The largest absolute Gasteiger partial charge is 0.443 e. The van der Waals surface area contributed by atoms with Gasteiger partial charge in [-0.3, -0.25) is 5.84 Å². The van der Waals surface area contributed by atoms with Gasteiger partial charge in [0.05, 0.1) is 6.04 Å². The zero-order valence-electron chi connectivity index (χ0n) is 9.41. The van der Waals surface area contributed by atoms with E-state index in [4.69, 9.17) is 5.84 Å². The monoisotopic (exact) mass is 291 g/mol. The molecular formula is C11H9F4N3S. The number of hydrogen-bond donors (Lipinski definition) is 2. The fourth-order valence-electron chi connectivity index (χ4n) is 1.55. The molecule has 19 heavy (non-hydrogen) atoms. The van der Waals surface area contributed by atoms with Crippen molar-refractivity contribution >= 4 is 11.3 Å². The minimum Gasteiger partial charge on any atom is -0.271 e. The van der Waals surface area contributed by atoms with Crippen LogP contribution in [0.25, 0.3) is 0 Å². The molecule has 1 atom stereocenters. The maximum absolute atomic E-state index is 12.8. The van der Waals surface area contributed by atoms with E-state index in [1.54, 1.807) is 0 Å². The Labute approximate surface area is 110 Å². The van der Waals surface area contributed by atoms with E-state index in [1.165, 1.54) is 24.3 Å². The minimum absolute atomic E-state index is 0.307. The fraction of sp³-hybridized carbons (Fsp3) is 0.182. The van der Waals surface area contributed by atoms with Crippen LogP contribution in [0.2, 0.25) is 0 Å². The van der Waals surface area contributed by atoms with Crippen molar-refractivity contribution in [3.63, 3.8) is 0 Å². The third-order valence-electron chi connectivity index (χ3n) is 2.42. The van der Waals surface area contributed by atoms with Gasteiger partial charge in [0, 0.05) is 11.1 Å². The molecule has 0 radical (unpaired) electrons. The van der Waals surface area contributed by atoms with Gasteiger partial charge < -0.3 is 0 Å². The number of thiazole rings is 1. The number of hydrazine groups is 1. The fourth-order valence-corrected chi connectivity index (χ4v) is 2.42. The summed E-state index contributed by atoms with van der Waals surface area (Å²) in [6.45, 7) is 0. The summed E-state index contributed by atoms with van der Waals surface area (Å²) < 4.78 is 50.2. The Hall–Kier alpha value is -1.51. The van der Waals surface area contributed by atoms with Crippen molar-refractivity contribution in [2.45, 2.75) is 12.2 Å². The van der Waals surface area contributed by atoms with E-state index >= 15 is 0 Å². The van der Waals surface area contributed by atoms with Gasteiger partial charge in [0.15, 0.2) is 5.01 Å². The maximum Gasteiger partial charge on any atom is 0.443 e. The molecule has 1 aromatic carbocycles. The number of hydrogen-bond acceptors (Lipinski definition) is 4. The molecule has 0 saturated carbocycles. The zero-order valence-corrected chi connectivity index (χ0v) is 10.2. The van der Waals surface area contributed by atoms with Gasteiger partial charge in [0.2, 0.25) is 0 Å². The van der Waals surface area contributed by atoms with Gasteiger partial charge in [-0.15, -0.1) is 11.3 Å². The number of nitrogens with one attached hydrogen (secondary N) is 1. The van der Waals surface area contributed by atoms with Crippen LogP contribution in [-0.4, -0.2) is 4.98 Å². The Morgan fingerprint density at radius 1 is 1.21 bits per heavy atom.